The van der Waals surface area contributed by atoms with E-state index in [9.17, 15) is 17.6 Å². The maximum absolute atomic E-state index is 14.8. The van der Waals surface area contributed by atoms with E-state index in [2.05, 4.69) is 5.32 Å². The minimum atomic E-state index is -3.89. The highest BCUT2D eigenvalue weighted by atomic mass is 32.2. The number of ether oxygens (including phenoxy) is 2. The van der Waals surface area contributed by atoms with Crippen LogP contribution >= 0.6 is 0 Å². The molecule has 0 spiro atoms. The Bertz CT molecular complexity index is 1400. The standard InChI is InChI=1S/C24H21FN2O5S/c1-14-9-19(25)20(12-18(14)15-3-2-4-17(10-15)33(26,29)30)27-23(28)24(7-8-24)16-5-6-21-22(11-16)32-13-31-21/h2-6,9-12H,7-8,13H2,1H3,(H,27,28)(H2,26,29,30). The molecule has 5 rings (SSSR count). The van der Waals surface area contributed by atoms with Crippen molar-refractivity contribution in [3.05, 3.63) is 71.5 Å². The Morgan fingerprint density at radius 2 is 1.82 bits per heavy atom. The lowest BCUT2D eigenvalue weighted by Gasteiger charge is -2.18. The lowest BCUT2D eigenvalue weighted by atomic mass is 9.94. The van der Waals surface area contributed by atoms with Crippen molar-refractivity contribution in [3.63, 3.8) is 0 Å². The summed E-state index contributed by atoms with van der Waals surface area (Å²) in [5, 5.41) is 7.98. The fraction of sp³-hybridized carbons (Fsp3) is 0.208. The van der Waals surface area contributed by atoms with Crippen molar-refractivity contribution < 1.29 is 27.1 Å². The van der Waals surface area contributed by atoms with Crippen LogP contribution in [0.25, 0.3) is 11.1 Å². The Balaban J connectivity index is 1.47. The minimum absolute atomic E-state index is 0.0219. The van der Waals surface area contributed by atoms with Crippen LogP contribution < -0.4 is 19.9 Å². The maximum Gasteiger partial charge on any atom is 0.238 e. The molecule has 3 N–H and O–H groups in total. The number of anilines is 1. The first-order valence-electron chi connectivity index (χ1n) is 10.3. The number of amides is 1. The number of fused-ring (bicyclic) bond motifs is 1. The monoisotopic (exact) mass is 468 g/mol. The van der Waals surface area contributed by atoms with Crippen LogP contribution in [0.4, 0.5) is 10.1 Å². The van der Waals surface area contributed by atoms with Crippen LogP contribution in [0, 0.1) is 12.7 Å². The molecule has 1 amide bonds. The highest BCUT2D eigenvalue weighted by molar-refractivity contribution is 7.89. The van der Waals surface area contributed by atoms with Crippen molar-refractivity contribution >= 4 is 21.6 Å². The van der Waals surface area contributed by atoms with Crippen molar-refractivity contribution in [1.82, 2.24) is 0 Å². The molecular formula is C24H21FN2O5S. The van der Waals surface area contributed by atoms with Gasteiger partial charge in [-0.25, -0.2) is 17.9 Å². The Kier molecular flexibility index (Phi) is 4.91. The number of carbonyl (C=O) groups excluding carboxylic acids is 1. The normalized spacial score (nSPS) is 15.8. The van der Waals surface area contributed by atoms with Gasteiger partial charge in [0.05, 0.1) is 16.0 Å². The molecule has 170 valence electrons. The SMILES string of the molecule is Cc1cc(F)c(NC(=O)C2(c3ccc4c(c3)OCO4)CC2)cc1-c1cccc(S(N)(=O)=O)c1. The zero-order valence-electron chi connectivity index (χ0n) is 17.7. The van der Waals surface area contributed by atoms with Crippen molar-refractivity contribution in [2.24, 2.45) is 5.14 Å². The molecule has 9 heteroatoms. The Hall–Kier alpha value is -3.43. The first-order chi connectivity index (χ1) is 15.7. The van der Waals surface area contributed by atoms with Gasteiger partial charge >= 0.3 is 0 Å². The quantitative estimate of drug-likeness (QED) is 0.592. The second-order valence-corrected chi connectivity index (χ2v) is 9.89. The molecule has 0 aromatic heterocycles. The van der Waals surface area contributed by atoms with Crippen LogP contribution in [-0.4, -0.2) is 21.1 Å². The molecule has 3 aromatic carbocycles. The van der Waals surface area contributed by atoms with Gasteiger partial charge < -0.3 is 14.8 Å². The van der Waals surface area contributed by atoms with Crippen LogP contribution in [0.1, 0.15) is 24.0 Å². The average Bonchev–Trinajstić information content (AvgIpc) is 3.46. The van der Waals surface area contributed by atoms with Crippen LogP contribution in [0.3, 0.4) is 0 Å². The topological polar surface area (TPSA) is 108 Å². The number of rotatable bonds is 5. The largest absolute Gasteiger partial charge is 0.454 e. The summed E-state index contributed by atoms with van der Waals surface area (Å²) in [4.78, 5) is 13.2. The minimum Gasteiger partial charge on any atom is -0.454 e. The van der Waals surface area contributed by atoms with E-state index in [0.717, 1.165) is 5.56 Å². The molecule has 1 aliphatic heterocycles. The number of halogens is 1. The van der Waals surface area contributed by atoms with E-state index in [4.69, 9.17) is 14.6 Å². The van der Waals surface area contributed by atoms with Gasteiger partial charge in [0.1, 0.15) is 5.82 Å². The molecule has 1 aliphatic carbocycles. The van der Waals surface area contributed by atoms with Crippen LogP contribution in [0.5, 0.6) is 11.5 Å². The van der Waals surface area contributed by atoms with E-state index >= 15 is 0 Å². The van der Waals surface area contributed by atoms with E-state index in [0.29, 0.717) is 41.0 Å². The summed E-state index contributed by atoms with van der Waals surface area (Å²) < 4.78 is 49.0. The fourth-order valence-electron chi connectivity index (χ4n) is 4.13. The molecule has 7 nitrogen and oxygen atoms in total. The van der Waals surface area contributed by atoms with Gasteiger partial charge in [-0.2, -0.15) is 0 Å². The molecule has 0 unspecified atom stereocenters. The van der Waals surface area contributed by atoms with Gasteiger partial charge in [0.2, 0.25) is 22.7 Å². The zero-order chi connectivity index (χ0) is 23.4. The highest BCUT2D eigenvalue weighted by Crippen LogP contribution is 2.51. The van der Waals surface area contributed by atoms with Crippen molar-refractivity contribution in [2.75, 3.05) is 12.1 Å². The van der Waals surface area contributed by atoms with Crippen molar-refractivity contribution in [2.45, 2.75) is 30.1 Å². The number of nitrogens with one attached hydrogen (secondary N) is 1. The smallest absolute Gasteiger partial charge is 0.238 e. The summed E-state index contributed by atoms with van der Waals surface area (Å²) in [5.41, 5.74) is 1.78. The third kappa shape index (κ3) is 3.83. The lowest BCUT2D eigenvalue weighted by Crippen LogP contribution is -2.28. The van der Waals surface area contributed by atoms with E-state index in [1.165, 1.54) is 24.3 Å². The first-order valence-corrected chi connectivity index (χ1v) is 11.9. The summed E-state index contributed by atoms with van der Waals surface area (Å²) in [6.45, 7) is 1.85. The van der Waals surface area contributed by atoms with Gasteiger partial charge in [-0.1, -0.05) is 18.2 Å². The molecule has 1 fully saturated rings. The van der Waals surface area contributed by atoms with Gasteiger partial charge in [-0.3, -0.25) is 4.79 Å². The summed E-state index contributed by atoms with van der Waals surface area (Å²) in [6, 6.07) is 14.3. The number of hydrogen-bond acceptors (Lipinski definition) is 5. The average molecular weight is 469 g/mol. The molecule has 0 atom stereocenters. The van der Waals surface area contributed by atoms with E-state index in [-0.39, 0.29) is 23.3 Å². The zero-order valence-corrected chi connectivity index (χ0v) is 18.5. The molecule has 2 aliphatic rings. The molecule has 0 saturated heterocycles. The van der Waals surface area contributed by atoms with E-state index < -0.39 is 21.3 Å². The third-order valence-electron chi connectivity index (χ3n) is 6.15. The lowest BCUT2D eigenvalue weighted by molar-refractivity contribution is -0.118. The molecule has 3 aromatic rings. The van der Waals surface area contributed by atoms with Crippen molar-refractivity contribution in [3.8, 4) is 22.6 Å². The van der Waals surface area contributed by atoms with Gasteiger partial charge in [0.15, 0.2) is 11.5 Å². The summed E-state index contributed by atoms with van der Waals surface area (Å²) >= 11 is 0. The summed E-state index contributed by atoms with van der Waals surface area (Å²) in [7, 11) is -3.89. The Morgan fingerprint density at radius 3 is 2.55 bits per heavy atom. The second-order valence-electron chi connectivity index (χ2n) is 8.32. The van der Waals surface area contributed by atoms with Gasteiger partial charge in [-0.15, -0.1) is 0 Å². The fourth-order valence-corrected chi connectivity index (χ4v) is 4.69. The highest BCUT2D eigenvalue weighted by Gasteiger charge is 2.51. The molecule has 0 bridgehead atoms. The number of carbonyl (C=O) groups is 1. The summed E-state index contributed by atoms with van der Waals surface area (Å²) in [6.07, 6.45) is 1.27. The molecule has 0 radical (unpaired) electrons. The Labute approximate surface area is 190 Å². The molecule has 33 heavy (non-hydrogen) atoms. The molecule has 1 saturated carbocycles. The number of benzene rings is 3. The van der Waals surface area contributed by atoms with Crippen molar-refractivity contribution in [1.29, 1.82) is 0 Å². The van der Waals surface area contributed by atoms with Gasteiger partial charge in [0, 0.05) is 0 Å². The van der Waals surface area contributed by atoms with E-state index in [1.54, 1.807) is 31.2 Å². The second kappa shape index (κ2) is 7.57. The number of primary sulfonamides is 1. The Morgan fingerprint density at radius 1 is 1.06 bits per heavy atom. The van der Waals surface area contributed by atoms with Gasteiger partial charge in [-0.05, 0) is 78.4 Å². The van der Waals surface area contributed by atoms with Crippen LogP contribution in [0.15, 0.2) is 59.5 Å². The first kappa shape index (κ1) is 21.4. The van der Waals surface area contributed by atoms with Crippen LogP contribution in [-0.2, 0) is 20.2 Å². The molecular weight excluding hydrogens is 447 g/mol. The number of sulfonamides is 1. The predicted octanol–water partition coefficient (Wildman–Crippen LogP) is 3.85. The summed E-state index contributed by atoms with van der Waals surface area (Å²) in [5.74, 6) is 0.332. The van der Waals surface area contributed by atoms with Gasteiger partial charge in [0.25, 0.3) is 0 Å². The molecule has 1 heterocycles. The third-order valence-corrected chi connectivity index (χ3v) is 7.06. The maximum atomic E-state index is 14.8. The number of nitrogens with two attached hydrogens (primary N) is 1. The number of hydrogen-bond donors (Lipinski definition) is 2. The van der Waals surface area contributed by atoms with E-state index in [1.807, 2.05) is 6.07 Å². The van der Waals surface area contributed by atoms with Crippen LogP contribution in [0.2, 0.25) is 0 Å². The predicted molar refractivity (Wildman–Crippen MR) is 120 cm³/mol. The number of aryl methyl sites for hydroxylation is 1.